The minimum absolute atomic E-state index is 0.0647. The zero-order valence-corrected chi connectivity index (χ0v) is 19.5. The van der Waals surface area contributed by atoms with Gasteiger partial charge in [-0.2, -0.15) is 26.3 Å². The van der Waals surface area contributed by atoms with Gasteiger partial charge in [0.05, 0.1) is 23.1 Å². The summed E-state index contributed by atoms with van der Waals surface area (Å²) in [4.78, 5) is 27.0. The first-order valence-corrected chi connectivity index (χ1v) is 11.8. The van der Waals surface area contributed by atoms with Gasteiger partial charge in [0.15, 0.2) is 0 Å². The molecule has 2 aliphatic rings. The molecule has 1 aliphatic carbocycles. The minimum atomic E-state index is -4.95. The highest BCUT2D eigenvalue weighted by Gasteiger charge is 2.46. The van der Waals surface area contributed by atoms with Gasteiger partial charge in [-0.15, -0.1) is 0 Å². The van der Waals surface area contributed by atoms with Gasteiger partial charge >= 0.3 is 18.4 Å². The van der Waals surface area contributed by atoms with Crippen molar-refractivity contribution in [3.05, 3.63) is 34.9 Å². The molecule has 1 aromatic rings. The van der Waals surface area contributed by atoms with E-state index in [4.69, 9.17) is 4.74 Å². The summed E-state index contributed by atoms with van der Waals surface area (Å²) in [6.07, 6.45) is -5.48. The van der Waals surface area contributed by atoms with Crippen LogP contribution in [0.5, 0.6) is 0 Å². The van der Waals surface area contributed by atoms with Gasteiger partial charge in [-0.3, -0.25) is 4.79 Å². The molecular formula is C24H30F6N2O3. The number of hydrogen-bond donors (Lipinski definition) is 1. The Labute approximate surface area is 200 Å². The van der Waals surface area contributed by atoms with Gasteiger partial charge in [-0.25, -0.2) is 4.79 Å². The Morgan fingerprint density at radius 3 is 2.09 bits per heavy atom. The Morgan fingerprint density at radius 2 is 1.60 bits per heavy atom. The van der Waals surface area contributed by atoms with Crippen LogP contribution in [0.4, 0.5) is 31.1 Å². The van der Waals surface area contributed by atoms with Crippen molar-refractivity contribution in [3.63, 3.8) is 0 Å². The minimum Gasteiger partial charge on any atom is -0.449 e. The van der Waals surface area contributed by atoms with Crippen molar-refractivity contribution in [2.24, 2.45) is 11.3 Å². The lowest BCUT2D eigenvalue weighted by Crippen LogP contribution is -2.50. The summed E-state index contributed by atoms with van der Waals surface area (Å²) in [5.74, 6) is -0.0523. The van der Waals surface area contributed by atoms with Gasteiger partial charge in [0.25, 0.3) is 0 Å². The van der Waals surface area contributed by atoms with Gasteiger partial charge in [-0.05, 0) is 55.4 Å². The molecule has 5 nitrogen and oxygen atoms in total. The molecule has 35 heavy (non-hydrogen) atoms. The third-order valence-electron chi connectivity index (χ3n) is 6.66. The average molecular weight is 509 g/mol. The first-order valence-electron chi connectivity index (χ1n) is 11.8. The SMILES string of the molecule is CCCCOC(=O)N1CCC(CC2CC2)(C(=O)NCc2cc(C(F)(F)F)cc(C(F)(F)F)c2)CC1. The molecule has 0 unspecified atom stereocenters. The molecule has 0 aromatic heterocycles. The predicted molar refractivity (Wildman–Crippen MR) is 115 cm³/mol. The maximum atomic E-state index is 13.2. The molecule has 196 valence electrons. The number of unbranched alkanes of at least 4 members (excludes halogenated alkanes) is 1. The molecule has 1 aromatic carbocycles. The van der Waals surface area contributed by atoms with Crippen molar-refractivity contribution in [1.29, 1.82) is 0 Å². The molecule has 0 spiro atoms. The monoisotopic (exact) mass is 508 g/mol. The largest absolute Gasteiger partial charge is 0.449 e. The molecule has 2 amide bonds. The van der Waals surface area contributed by atoms with Crippen LogP contribution < -0.4 is 5.32 Å². The molecule has 2 fully saturated rings. The van der Waals surface area contributed by atoms with E-state index in [0.29, 0.717) is 57.0 Å². The molecule has 1 heterocycles. The second-order valence-electron chi connectivity index (χ2n) is 9.48. The molecule has 0 radical (unpaired) electrons. The molecule has 1 saturated heterocycles. The van der Waals surface area contributed by atoms with E-state index < -0.39 is 47.4 Å². The Bertz CT molecular complexity index is 871. The highest BCUT2D eigenvalue weighted by Crippen LogP contribution is 2.46. The zero-order chi connectivity index (χ0) is 25.9. The van der Waals surface area contributed by atoms with Crippen molar-refractivity contribution in [3.8, 4) is 0 Å². The van der Waals surface area contributed by atoms with Crippen LogP contribution in [-0.4, -0.2) is 36.6 Å². The van der Waals surface area contributed by atoms with E-state index in [1.165, 1.54) is 4.90 Å². The van der Waals surface area contributed by atoms with Gasteiger partial charge in [0.2, 0.25) is 5.91 Å². The smallest absolute Gasteiger partial charge is 0.416 e. The third-order valence-corrected chi connectivity index (χ3v) is 6.66. The number of carbonyl (C=O) groups excluding carboxylic acids is 2. The van der Waals surface area contributed by atoms with Crippen LogP contribution in [0.3, 0.4) is 0 Å². The number of likely N-dealkylation sites (tertiary alicyclic amines) is 1. The fourth-order valence-electron chi connectivity index (χ4n) is 4.40. The van der Waals surface area contributed by atoms with Gasteiger partial charge in [0, 0.05) is 19.6 Å². The molecule has 0 bridgehead atoms. The molecule has 1 aliphatic heterocycles. The number of hydrogen-bond acceptors (Lipinski definition) is 3. The topological polar surface area (TPSA) is 58.6 Å². The maximum Gasteiger partial charge on any atom is 0.416 e. The normalized spacial score (nSPS) is 18.3. The highest BCUT2D eigenvalue weighted by atomic mass is 19.4. The van der Waals surface area contributed by atoms with E-state index in [-0.39, 0.29) is 11.6 Å². The van der Waals surface area contributed by atoms with Crippen LogP contribution >= 0.6 is 0 Å². The van der Waals surface area contributed by atoms with Crippen LogP contribution in [0.15, 0.2) is 18.2 Å². The number of carbonyl (C=O) groups is 2. The number of benzene rings is 1. The predicted octanol–water partition coefficient (Wildman–Crippen LogP) is 6.16. The summed E-state index contributed by atoms with van der Waals surface area (Å²) in [5.41, 5.74) is -3.94. The molecule has 11 heteroatoms. The Morgan fingerprint density at radius 1 is 1.03 bits per heavy atom. The summed E-state index contributed by atoms with van der Waals surface area (Å²) < 4.78 is 84.1. The lowest BCUT2D eigenvalue weighted by Gasteiger charge is -2.40. The van der Waals surface area contributed by atoms with E-state index in [9.17, 15) is 35.9 Å². The Hall–Kier alpha value is -2.46. The molecular weight excluding hydrogens is 478 g/mol. The molecule has 3 rings (SSSR count). The Balaban J connectivity index is 1.69. The Kier molecular flexibility index (Phi) is 8.26. The molecule has 1 saturated carbocycles. The first kappa shape index (κ1) is 27.1. The van der Waals surface area contributed by atoms with E-state index in [1.807, 2.05) is 6.92 Å². The highest BCUT2D eigenvalue weighted by molar-refractivity contribution is 5.83. The van der Waals surface area contributed by atoms with E-state index in [0.717, 1.165) is 25.7 Å². The number of alkyl halides is 6. The summed E-state index contributed by atoms with van der Waals surface area (Å²) in [6.45, 7) is 2.43. The third kappa shape index (κ3) is 7.27. The van der Waals surface area contributed by atoms with E-state index in [2.05, 4.69) is 5.32 Å². The lowest BCUT2D eigenvalue weighted by atomic mass is 9.73. The van der Waals surface area contributed by atoms with Crippen LogP contribution in [0.25, 0.3) is 0 Å². The number of nitrogens with one attached hydrogen (secondary N) is 1. The first-order chi connectivity index (χ1) is 16.3. The average Bonchev–Trinajstić information content (AvgIpc) is 3.60. The van der Waals surface area contributed by atoms with Crippen molar-refractivity contribution in [1.82, 2.24) is 10.2 Å². The van der Waals surface area contributed by atoms with Gasteiger partial charge in [0.1, 0.15) is 0 Å². The quantitative estimate of drug-likeness (QED) is 0.338. The molecule has 0 atom stereocenters. The summed E-state index contributed by atoms with van der Waals surface area (Å²) in [5, 5.41) is 2.58. The second kappa shape index (κ2) is 10.7. The van der Waals surface area contributed by atoms with Gasteiger partial charge in [-0.1, -0.05) is 26.2 Å². The van der Waals surface area contributed by atoms with E-state index >= 15 is 0 Å². The van der Waals surface area contributed by atoms with Crippen molar-refractivity contribution in [2.75, 3.05) is 19.7 Å². The number of nitrogens with zero attached hydrogens (tertiary/aromatic N) is 1. The fraction of sp³-hybridized carbons (Fsp3) is 0.667. The summed E-state index contributed by atoms with van der Waals surface area (Å²) in [7, 11) is 0. The summed E-state index contributed by atoms with van der Waals surface area (Å²) >= 11 is 0. The van der Waals surface area contributed by atoms with Crippen molar-refractivity contribution < 1.29 is 40.7 Å². The van der Waals surface area contributed by atoms with Crippen LogP contribution in [0.1, 0.15) is 68.6 Å². The fourth-order valence-corrected chi connectivity index (χ4v) is 4.40. The van der Waals surface area contributed by atoms with Crippen LogP contribution in [0, 0.1) is 11.3 Å². The van der Waals surface area contributed by atoms with Gasteiger partial charge < -0.3 is 15.0 Å². The number of rotatable bonds is 8. The number of ether oxygens (including phenoxy) is 1. The van der Waals surface area contributed by atoms with Crippen molar-refractivity contribution in [2.45, 2.75) is 70.8 Å². The number of amides is 2. The lowest BCUT2D eigenvalue weighted by molar-refractivity contribution is -0.143. The van der Waals surface area contributed by atoms with E-state index in [1.54, 1.807) is 0 Å². The maximum absolute atomic E-state index is 13.2. The number of piperidine rings is 1. The zero-order valence-electron chi connectivity index (χ0n) is 19.5. The van der Waals surface area contributed by atoms with Crippen molar-refractivity contribution >= 4 is 12.0 Å². The second-order valence-corrected chi connectivity index (χ2v) is 9.48. The van der Waals surface area contributed by atoms with Crippen LogP contribution in [0.2, 0.25) is 0 Å². The standard InChI is InChI=1S/C24H30F6N2O3/c1-2-3-10-35-21(34)32-8-6-22(7-9-32,14-16-4-5-16)20(33)31-15-17-11-18(23(25,26)27)13-19(12-17)24(28,29)30/h11-13,16H,2-10,14-15H2,1H3,(H,31,33). The summed E-state index contributed by atoms with van der Waals surface area (Å²) in [6, 6.07) is 1.31. The van der Waals surface area contributed by atoms with Crippen LogP contribution in [-0.2, 0) is 28.4 Å². The molecule has 1 N–H and O–H groups in total. The number of halogens is 6.